The van der Waals surface area contributed by atoms with E-state index in [1.54, 1.807) is 0 Å². The molecule has 80 valence electrons. The lowest BCUT2D eigenvalue weighted by molar-refractivity contribution is 0.306. The molecule has 0 bridgehead atoms. The fourth-order valence-electron chi connectivity index (χ4n) is 1.13. The van der Waals surface area contributed by atoms with Crippen LogP contribution in [0.25, 0.3) is 0 Å². The molecule has 0 aliphatic carbocycles. The number of benzene rings is 1. The Kier molecular flexibility index (Phi) is 9.44. The first kappa shape index (κ1) is 13.9. The van der Waals surface area contributed by atoms with Gasteiger partial charge in [0.05, 0.1) is 6.61 Å². The maximum absolute atomic E-state index is 5.55. The van der Waals surface area contributed by atoms with E-state index in [2.05, 4.69) is 9.24 Å². The first-order valence-corrected chi connectivity index (χ1v) is 5.63. The highest BCUT2D eigenvalue weighted by Crippen LogP contribution is 2.09. The molecule has 0 N–H and O–H groups in total. The van der Waals surface area contributed by atoms with Crippen molar-refractivity contribution in [3.05, 3.63) is 30.3 Å². The summed E-state index contributed by atoms with van der Waals surface area (Å²) in [4.78, 5) is 0. The minimum absolute atomic E-state index is 0. The van der Waals surface area contributed by atoms with E-state index in [-0.39, 0.29) is 17.0 Å². The van der Waals surface area contributed by atoms with Crippen molar-refractivity contribution in [3.63, 3.8) is 0 Å². The van der Waals surface area contributed by atoms with Crippen LogP contribution in [0.2, 0.25) is 0 Å². The van der Waals surface area contributed by atoms with Crippen molar-refractivity contribution in [2.24, 2.45) is 0 Å². The predicted octanol–water partition coefficient (Wildman–Crippen LogP) is 3.69. The van der Waals surface area contributed by atoms with Gasteiger partial charge in [0.15, 0.2) is 0 Å². The standard InChI is InChI=1S/C11H17OP.BrH/c13-10-6-2-5-9-12-11-7-3-1-4-8-11;/h1,3-4,7-8H,2,5-6,9-10,13H2;1H. The fraction of sp³-hybridized carbons (Fsp3) is 0.455. The number of unbranched alkanes of at least 4 members (excludes halogenated alkanes) is 2. The first-order valence-electron chi connectivity index (χ1n) is 4.81. The summed E-state index contributed by atoms with van der Waals surface area (Å²) >= 11 is 0. The molecule has 0 aromatic heterocycles. The molecule has 1 atom stereocenters. The van der Waals surface area contributed by atoms with Crippen LogP contribution in [-0.2, 0) is 0 Å². The molecule has 0 aliphatic rings. The number of hydrogen-bond donors (Lipinski definition) is 0. The molecule has 0 heterocycles. The van der Waals surface area contributed by atoms with Gasteiger partial charge in [0.2, 0.25) is 0 Å². The highest BCUT2D eigenvalue weighted by atomic mass is 79.9. The van der Waals surface area contributed by atoms with E-state index >= 15 is 0 Å². The lowest BCUT2D eigenvalue weighted by Gasteiger charge is -2.04. The van der Waals surface area contributed by atoms with Crippen molar-refractivity contribution in [3.8, 4) is 5.75 Å². The highest BCUT2D eigenvalue weighted by molar-refractivity contribution is 8.93. The summed E-state index contributed by atoms with van der Waals surface area (Å²) < 4.78 is 5.55. The third-order valence-corrected chi connectivity index (χ3v) is 2.27. The molecular weight excluding hydrogens is 259 g/mol. The number of rotatable bonds is 6. The maximum Gasteiger partial charge on any atom is 0.119 e. The topological polar surface area (TPSA) is 9.23 Å². The van der Waals surface area contributed by atoms with E-state index in [0.717, 1.165) is 18.8 Å². The van der Waals surface area contributed by atoms with Crippen molar-refractivity contribution in [1.29, 1.82) is 0 Å². The molecule has 1 unspecified atom stereocenters. The molecule has 0 spiro atoms. The predicted molar refractivity (Wildman–Crippen MR) is 70.7 cm³/mol. The van der Waals surface area contributed by atoms with Gasteiger partial charge in [-0.2, -0.15) is 0 Å². The molecule has 0 saturated carbocycles. The van der Waals surface area contributed by atoms with Gasteiger partial charge in [0, 0.05) is 0 Å². The summed E-state index contributed by atoms with van der Waals surface area (Å²) in [5, 5.41) is 0. The Morgan fingerprint density at radius 3 is 2.36 bits per heavy atom. The van der Waals surface area contributed by atoms with Crippen LogP contribution in [0.1, 0.15) is 19.3 Å². The lowest BCUT2D eigenvalue weighted by Crippen LogP contribution is -1.96. The zero-order valence-electron chi connectivity index (χ0n) is 8.32. The smallest absolute Gasteiger partial charge is 0.119 e. The largest absolute Gasteiger partial charge is 0.494 e. The summed E-state index contributed by atoms with van der Waals surface area (Å²) in [5.41, 5.74) is 0. The second kappa shape index (κ2) is 9.48. The molecule has 3 heteroatoms. The molecule has 1 aromatic rings. The van der Waals surface area contributed by atoms with Gasteiger partial charge in [-0.05, 0) is 37.6 Å². The normalized spacial score (nSPS) is 9.21. The maximum atomic E-state index is 5.55. The van der Waals surface area contributed by atoms with Gasteiger partial charge in [-0.15, -0.1) is 26.2 Å². The Balaban J connectivity index is 0.00000169. The number of para-hydroxylation sites is 1. The Hall–Kier alpha value is -0.0700. The summed E-state index contributed by atoms with van der Waals surface area (Å²) in [7, 11) is 2.75. The van der Waals surface area contributed by atoms with Crippen LogP contribution in [0, 0.1) is 0 Å². The van der Waals surface area contributed by atoms with E-state index in [4.69, 9.17) is 4.74 Å². The number of ether oxygens (including phenoxy) is 1. The summed E-state index contributed by atoms with van der Waals surface area (Å²) in [6, 6.07) is 9.99. The molecule has 14 heavy (non-hydrogen) atoms. The average Bonchev–Trinajstić information content (AvgIpc) is 2.19. The number of halogens is 1. The van der Waals surface area contributed by atoms with Gasteiger partial charge in [-0.3, -0.25) is 0 Å². The van der Waals surface area contributed by atoms with Gasteiger partial charge in [-0.1, -0.05) is 18.2 Å². The second-order valence-electron chi connectivity index (χ2n) is 3.01. The zero-order chi connectivity index (χ0) is 9.36. The van der Waals surface area contributed by atoms with Gasteiger partial charge >= 0.3 is 0 Å². The molecule has 1 aromatic carbocycles. The lowest BCUT2D eigenvalue weighted by atomic mass is 10.3. The third-order valence-electron chi connectivity index (χ3n) is 1.86. The van der Waals surface area contributed by atoms with Crippen LogP contribution in [0.5, 0.6) is 5.75 Å². The van der Waals surface area contributed by atoms with Crippen molar-refractivity contribution >= 4 is 26.2 Å². The monoisotopic (exact) mass is 276 g/mol. The highest BCUT2D eigenvalue weighted by Gasteiger charge is 1.91. The molecular formula is C11H18BrOP. The Labute approximate surface area is 99.2 Å². The summed E-state index contributed by atoms with van der Waals surface area (Å²) in [6.07, 6.45) is 4.90. The van der Waals surface area contributed by atoms with Crippen LogP contribution in [0.15, 0.2) is 30.3 Å². The quantitative estimate of drug-likeness (QED) is 0.569. The van der Waals surface area contributed by atoms with E-state index in [9.17, 15) is 0 Å². The summed E-state index contributed by atoms with van der Waals surface area (Å²) in [6.45, 7) is 0.842. The van der Waals surface area contributed by atoms with Crippen LogP contribution in [0.3, 0.4) is 0 Å². The second-order valence-corrected chi connectivity index (χ2v) is 3.59. The molecule has 0 saturated heterocycles. The Morgan fingerprint density at radius 1 is 1.00 bits per heavy atom. The van der Waals surface area contributed by atoms with Crippen molar-refractivity contribution in [1.82, 2.24) is 0 Å². The molecule has 0 fully saturated rings. The summed E-state index contributed by atoms with van der Waals surface area (Å²) in [5.74, 6) is 0.980. The Morgan fingerprint density at radius 2 is 1.71 bits per heavy atom. The third kappa shape index (κ3) is 6.39. The SMILES string of the molecule is Br.PCCCCCOc1ccccc1. The van der Waals surface area contributed by atoms with Crippen LogP contribution in [-0.4, -0.2) is 12.8 Å². The van der Waals surface area contributed by atoms with Gasteiger partial charge in [0.25, 0.3) is 0 Å². The average molecular weight is 277 g/mol. The molecule has 1 rings (SSSR count). The van der Waals surface area contributed by atoms with Crippen LogP contribution in [0.4, 0.5) is 0 Å². The molecule has 0 radical (unpaired) electrons. The molecule has 1 nitrogen and oxygen atoms in total. The van der Waals surface area contributed by atoms with E-state index in [1.165, 1.54) is 19.0 Å². The molecule has 0 aliphatic heterocycles. The van der Waals surface area contributed by atoms with Gasteiger partial charge in [-0.25, -0.2) is 0 Å². The van der Waals surface area contributed by atoms with Crippen molar-refractivity contribution in [2.45, 2.75) is 19.3 Å². The van der Waals surface area contributed by atoms with E-state index < -0.39 is 0 Å². The first-order chi connectivity index (χ1) is 6.43. The van der Waals surface area contributed by atoms with Crippen molar-refractivity contribution < 1.29 is 4.74 Å². The Bertz CT molecular complexity index is 216. The van der Waals surface area contributed by atoms with E-state index in [0.29, 0.717) is 0 Å². The minimum atomic E-state index is 0. The van der Waals surface area contributed by atoms with Crippen LogP contribution < -0.4 is 4.74 Å². The zero-order valence-corrected chi connectivity index (χ0v) is 11.2. The number of hydrogen-bond acceptors (Lipinski definition) is 1. The molecule has 0 amide bonds. The van der Waals surface area contributed by atoms with Crippen molar-refractivity contribution in [2.75, 3.05) is 12.8 Å². The van der Waals surface area contributed by atoms with Gasteiger partial charge in [0.1, 0.15) is 5.75 Å². The van der Waals surface area contributed by atoms with Crippen LogP contribution >= 0.6 is 26.2 Å². The van der Waals surface area contributed by atoms with Gasteiger partial charge < -0.3 is 4.74 Å². The van der Waals surface area contributed by atoms with E-state index in [1.807, 2.05) is 30.3 Å². The fourth-order valence-corrected chi connectivity index (χ4v) is 1.42. The minimum Gasteiger partial charge on any atom is -0.494 e.